The zero-order valence-corrected chi connectivity index (χ0v) is 25.7. The summed E-state index contributed by atoms with van der Waals surface area (Å²) >= 11 is 0. The van der Waals surface area contributed by atoms with Crippen molar-refractivity contribution in [3.05, 3.63) is 98.1 Å². The van der Waals surface area contributed by atoms with Crippen LogP contribution >= 0.6 is 0 Å². The van der Waals surface area contributed by atoms with Gasteiger partial charge in [0.25, 0.3) is 0 Å². The van der Waals surface area contributed by atoms with Crippen LogP contribution in [0.5, 0.6) is 5.75 Å². The Labute approximate surface area is 236 Å². The molecule has 4 atom stereocenters. The number of fused-ring (bicyclic) bond motifs is 3. The number of phenols is 1. The van der Waals surface area contributed by atoms with Crippen molar-refractivity contribution < 1.29 is 5.11 Å². The SMILES string of the molecule is Cc1ccc(C(C)(C)C)cc1C1c2cc(c(C#N)cc2C)C(C)(C)C2C(c3cc(C(C)(C)C)c(O)cc3C)C12. The number of rotatable bonds is 2. The highest BCUT2D eigenvalue weighted by Crippen LogP contribution is 2.71. The lowest BCUT2D eigenvalue weighted by atomic mass is 9.75. The molecular formula is C37H45NO. The van der Waals surface area contributed by atoms with Crippen LogP contribution in [0.3, 0.4) is 0 Å². The van der Waals surface area contributed by atoms with E-state index in [0.717, 1.165) is 16.7 Å². The van der Waals surface area contributed by atoms with Crippen molar-refractivity contribution >= 4 is 0 Å². The Kier molecular flexibility index (Phi) is 6.16. The molecule has 4 unspecified atom stereocenters. The molecular weight excluding hydrogens is 474 g/mol. The summed E-state index contributed by atoms with van der Waals surface area (Å²) in [6, 6.07) is 18.4. The van der Waals surface area contributed by atoms with Crippen molar-refractivity contribution in [1.82, 2.24) is 0 Å². The Morgan fingerprint density at radius 2 is 1.38 bits per heavy atom. The minimum atomic E-state index is -0.153. The van der Waals surface area contributed by atoms with E-state index in [2.05, 4.69) is 119 Å². The highest BCUT2D eigenvalue weighted by atomic mass is 16.3. The van der Waals surface area contributed by atoms with Gasteiger partial charge in [-0.15, -0.1) is 0 Å². The third kappa shape index (κ3) is 4.30. The Hall–Kier alpha value is -3.05. The van der Waals surface area contributed by atoms with E-state index in [1.54, 1.807) is 0 Å². The van der Waals surface area contributed by atoms with E-state index in [4.69, 9.17) is 0 Å². The van der Waals surface area contributed by atoms with Crippen LogP contribution in [-0.2, 0) is 16.2 Å². The lowest BCUT2D eigenvalue weighted by Gasteiger charge is -2.29. The van der Waals surface area contributed by atoms with Gasteiger partial charge in [0.05, 0.1) is 11.6 Å². The standard InChI is InChI=1S/C37H45NO/c1-20-12-13-24(35(4,5)6)16-25(20)31-26-17-28(23(19-38)14-21(26)2)37(10,11)34-32(33(31)34)27-18-29(36(7,8)9)30(39)15-22(27)3/h12-18,31-34,39H,1-11H3. The van der Waals surface area contributed by atoms with Crippen molar-refractivity contribution in [2.75, 3.05) is 0 Å². The van der Waals surface area contributed by atoms with Crippen molar-refractivity contribution in [2.24, 2.45) is 11.8 Å². The molecule has 39 heavy (non-hydrogen) atoms. The third-order valence-electron chi connectivity index (χ3n) is 9.88. The molecule has 1 N–H and O–H groups in total. The first-order chi connectivity index (χ1) is 18.0. The minimum absolute atomic E-state index is 0.0643. The molecule has 0 radical (unpaired) electrons. The van der Waals surface area contributed by atoms with Gasteiger partial charge < -0.3 is 5.11 Å². The molecule has 1 fully saturated rings. The summed E-state index contributed by atoms with van der Waals surface area (Å²) in [7, 11) is 0. The Morgan fingerprint density at radius 1 is 0.769 bits per heavy atom. The maximum atomic E-state index is 10.9. The van der Waals surface area contributed by atoms with Crippen LogP contribution in [0, 0.1) is 43.9 Å². The second-order valence-electron chi connectivity index (χ2n) is 15.0. The van der Waals surface area contributed by atoms with Gasteiger partial charge in [-0.3, -0.25) is 0 Å². The van der Waals surface area contributed by atoms with Gasteiger partial charge >= 0.3 is 0 Å². The Balaban J connectivity index is 1.79. The fourth-order valence-electron chi connectivity index (χ4n) is 7.64. The third-order valence-corrected chi connectivity index (χ3v) is 9.88. The van der Waals surface area contributed by atoms with Gasteiger partial charge in [0.15, 0.2) is 0 Å². The van der Waals surface area contributed by atoms with E-state index in [1.807, 2.05) is 6.07 Å². The molecule has 2 bridgehead atoms. The van der Waals surface area contributed by atoms with E-state index >= 15 is 0 Å². The molecule has 2 nitrogen and oxygen atoms in total. The summed E-state index contributed by atoms with van der Waals surface area (Å²) in [6.07, 6.45) is 0. The summed E-state index contributed by atoms with van der Waals surface area (Å²) in [4.78, 5) is 0. The highest BCUT2D eigenvalue weighted by Gasteiger charge is 2.63. The molecule has 0 heterocycles. The number of hydrogen-bond donors (Lipinski definition) is 1. The van der Waals surface area contributed by atoms with Gasteiger partial charge in [-0.1, -0.05) is 85.7 Å². The Bertz CT molecular complexity index is 1520. The second kappa shape index (κ2) is 8.72. The predicted molar refractivity (Wildman–Crippen MR) is 162 cm³/mol. The molecule has 204 valence electrons. The number of nitriles is 1. The van der Waals surface area contributed by atoms with E-state index in [-0.39, 0.29) is 22.2 Å². The van der Waals surface area contributed by atoms with Crippen LogP contribution in [0.15, 0.2) is 42.5 Å². The van der Waals surface area contributed by atoms with Gasteiger partial charge in [-0.25, -0.2) is 0 Å². The first kappa shape index (κ1) is 27.5. The number of aromatic hydroxyl groups is 1. The lowest BCUT2D eigenvalue weighted by molar-refractivity contribution is 0.417. The van der Waals surface area contributed by atoms with Crippen LogP contribution in [0.2, 0.25) is 0 Å². The van der Waals surface area contributed by atoms with Crippen LogP contribution in [0.4, 0.5) is 0 Å². The molecule has 0 saturated heterocycles. The van der Waals surface area contributed by atoms with Gasteiger partial charge in [-0.05, 0) is 117 Å². The molecule has 2 heteroatoms. The van der Waals surface area contributed by atoms with Crippen LogP contribution in [0.1, 0.15) is 123 Å². The topological polar surface area (TPSA) is 44.0 Å². The van der Waals surface area contributed by atoms with Gasteiger partial charge in [0, 0.05) is 5.92 Å². The quantitative estimate of drug-likeness (QED) is 0.367. The van der Waals surface area contributed by atoms with E-state index in [0.29, 0.717) is 23.5 Å². The molecule has 2 aliphatic carbocycles. The molecule has 3 aromatic carbocycles. The molecule has 5 rings (SSSR count). The smallest absolute Gasteiger partial charge is 0.119 e. The summed E-state index contributed by atoms with van der Waals surface area (Å²) in [5.41, 5.74) is 12.0. The number of aryl methyl sites for hydroxylation is 3. The fourth-order valence-corrected chi connectivity index (χ4v) is 7.64. The van der Waals surface area contributed by atoms with Crippen molar-refractivity contribution in [1.29, 1.82) is 5.26 Å². The van der Waals surface area contributed by atoms with Gasteiger partial charge in [0.1, 0.15) is 5.75 Å². The molecule has 0 spiro atoms. The number of phenolic OH excluding ortho intramolecular Hbond substituents is 1. The number of hydrogen-bond acceptors (Lipinski definition) is 2. The molecule has 0 aromatic heterocycles. The molecule has 2 aliphatic rings. The van der Waals surface area contributed by atoms with Crippen LogP contribution < -0.4 is 0 Å². The summed E-state index contributed by atoms with van der Waals surface area (Å²) in [5.74, 6) is 1.80. The first-order valence-corrected chi connectivity index (χ1v) is 14.5. The average Bonchev–Trinajstić information content (AvgIpc) is 3.55. The number of benzene rings is 3. The maximum absolute atomic E-state index is 10.9. The highest BCUT2D eigenvalue weighted by molar-refractivity contribution is 5.59. The van der Waals surface area contributed by atoms with Gasteiger partial charge in [-0.2, -0.15) is 5.26 Å². The number of nitrogens with zero attached hydrogens (tertiary/aromatic N) is 1. The summed E-state index contributed by atoms with van der Waals surface area (Å²) < 4.78 is 0. The Morgan fingerprint density at radius 3 is 1.97 bits per heavy atom. The zero-order valence-electron chi connectivity index (χ0n) is 25.7. The van der Waals surface area contributed by atoms with Gasteiger partial charge in [0.2, 0.25) is 0 Å². The average molecular weight is 520 g/mol. The monoisotopic (exact) mass is 519 g/mol. The summed E-state index contributed by atoms with van der Waals surface area (Å²) in [6.45, 7) is 24.7. The van der Waals surface area contributed by atoms with Crippen LogP contribution in [-0.4, -0.2) is 5.11 Å². The lowest BCUT2D eigenvalue weighted by Crippen LogP contribution is -2.23. The normalized spacial score (nSPS) is 23.5. The summed E-state index contributed by atoms with van der Waals surface area (Å²) in [5, 5.41) is 21.1. The van der Waals surface area contributed by atoms with Crippen molar-refractivity contribution in [3.63, 3.8) is 0 Å². The van der Waals surface area contributed by atoms with E-state index < -0.39 is 0 Å². The molecule has 1 saturated carbocycles. The first-order valence-electron chi connectivity index (χ1n) is 14.5. The fraction of sp³-hybridized carbons (Fsp3) is 0.486. The largest absolute Gasteiger partial charge is 0.508 e. The van der Waals surface area contributed by atoms with Crippen LogP contribution in [0.25, 0.3) is 0 Å². The van der Waals surface area contributed by atoms with Crippen molar-refractivity contribution in [3.8, 4) is 11.8 Å². The maximum Gasteiger partial charge on any atom is 0.119 e. The molecule has 0 aliphatic heterocycles. The van der Waals surface area contributed by atoms with E-state index in [1.165, 1.54) is 38.9 Å². The predicted octanol–water partition coefficient (Wildman–Crippen LogP) is 9.24. The second-order valence-corrected chi connectivity index (χ2v) is 15.0. The molecule has 0 amide bonds. The van der Waals surface area contributed by atoms with Crippen molar-refractivity contribution in [2.45, 2.75) is 104 Å². The molecule has 3 aromatic rings. The zero-order chi connectivity index (χ0) is 28.8. The van der Waals surface area contributed by atoms with E-state index in [9.17, 15) is 10.4 Å². The minimum Gasteiger partial charge on any atom is -0.508 e.